The smallest absolute Gasteiger partial charge is 0.235 e. The molecule has 4 rings (SSSR count). The zero-order valence-corrected chi connectivity index (χ0v) is 17.0. The lowest BCUT2D eigenvalue weighted by Gasteiger charge is -2.17. The van der Waals surface area contributed by atoms with Crippen molar-refractivity contribution in [1.29, 1.82) is 0 Å². The summed E-state index contributed by atoms with van der Waals surface area (Å²) < 4.78 is 25.8. The van der Waals surface area contributed by atoms with E-state index in [2.05, 4.69) is 27.6 Å². The van der Waals surface area contributed by atoms with E-state index in [0.29, 0.717) is 18.7 Å². The molecule has 150 valence electrons. The van der Waals surface area contributed by atoms with E-state index in [1.165, 1.54) is 9.87 Å². The van der Waals surface area contributed by atoms with Gasteiger partial charge in [0.1, 0.15) is 0 Å². The van der Waals surface area contributed by atoms with E-state index in [4.69, 9.17) is 0 Å². The van der Waals surface area contributed by atoms with Crippen LogP contribution in [-0.4, -0.2) is 37.5 Å². The number of nitrogens with zero attached hydrogens (tertiary/aromatic N) is 3. The highest BCUT2D eigenvalue weighted by Gasteiger charge is 2.28. The van der Waals surface area contributed by atoms with Crippen molar-refractivity contribution < 1.29 is 8.42 Å². The van der Waals surface area contributed by atoms with E-state index in [0.717, 1.165) is 36.5 Å². The first kappa shape index (κ1) is 19.5. The Labute approximate surface area is 171 Å². The van der Waals surface area contributed by atoms with Crippen molar-refractivity contribution in [3.8, 4) is 11.3 Å². The lowest BCUT2D eigenvalue weighted by molar-refractivity contribution is 0.599. The van der Waals surface area contributed by atoms with Gasteiger partial charge < -0.3 is 5.32 Å². The number of nitrogens with one attached hydrogen (secondary N) is 1. The number of sulfonamides is 1. The minimum atomic E-state index is -3.19. The van der Waals surface area contributed by atoms with Crippen molar-refractivity contribution in [3.63, 3.8) is 0 Å². The van der Waals surface area contributed by atoms with Crippen LogP contribution in [0.15, 0.2) is 66.7 Å². The molecule has 0 bridgehead atoms. The molecule has 0 saturated carbocycles. The second kappa shape index (κ2) is 8.71. The van der Waals surface area contributed by atoms with Crippen molar-refractivity contribution in [2.24, 2.45) is 0 Å². The molecule has 1 aliphatic heterocycles. The van der Waals surface area contributed by atoms with Crippen LogP contribution in [0.1, 0.15) is 17.7 Å². The Morgan fingerprint density at radius 2 is 1.83 bits per heavy atom. The molecule has 0 unspecified atom stereocenters. The third-order valence-electron chi connectivity index (χ3n) is 4.98. The lowest BCUT2D eigenvalue weighted by Crippen LogP contribution is -2.24. The Balaban J connectivity index is 1.37. The molecule has 0 spiro atoms. The normalized spacial score (nSPS) is 15.5. The summed E-state index contributed by atoms with van der Waals surface area (Å²) >= 11 is 0. The molecule has 0 amide bonds. The van der Waals surface area contributed by atoms with Crippen molar-refractivity contribution in [2.75, 3.05) is 23.1 Å². The van der Waals surface area contributed by atoms with E-state index in [-0.39, 0.29) is 5.75 Å². The number of aromatic nitrogens is 2. The number of rotatable bonds is 7. The average Bonchev–Trinajstić information content (AvgIpc) is 3.11. The summed E-state index contributed by atoms with van der Waals surface area (Å²) in [4.78, 5) is 0. The molecule has 29 heavy (non-hydrogen) atoms. The molecule has 7 heteroatoms. The minimum Gasteiger partial charge on any atom is -0.312 e. The first-order valence-corrected chi connectivity index (χ1v) is 11.4. The average molecular weight is 409 g/mol. The van der Waals surface area contributed by atoms with Gasteiger partial charge in [0, 0.05) is 31.6 Å². The van der Waals surface area contributed by atoms with Crippen LogP contribution in [-0.2, 0) is 23.0 Å². The molecule has 6 nitrogen and oxygen atoms in total. The molecule has 0 radical (unpaired) electrons. The molecule has 1 fully saturated rings. The maximum Gasteiger partial charge on any atom is 0.235 e. The van der Waals surface area contributed by atoms with Gasteiger partial charge in [-0.1, -0.05) is 42.5 Å². The van der Waals surface area contributed by atoms with Crippen molar-refractivity contribution >= 4 is 15.7 Å². The van der Waals surface area contributed by atoms with Crippen LogP contribution in [0, 0.1) is 0 Å². The highest BCUT2D eigenvalue weighted by molar-refractivity contribution is 7.93. The third-order valence-corrected chi connectivity index (χ3v) is 6.85. The molecule has 2 aromatic carbocycles. The monoisotopic (exact) mass is 408 g/mol. The molecular weight excluding hydrogens is 384 g/mol. The van der Waals surface area contributed by atoms with Gasteiger partial charge in [-0.05, 0) is 36.2 Å². The van der Waals surface area contributed by atoms with Crippen LogP contribution in [0.2, 0.25) is 0 Å². The van der Waals surface area contributed by atoms with E-state index >= 15 is 0 Å². The minimum absolute atomic E-state index is 0.212. The molecule has 1 N–H and O–H groups in total. The zero-order chi connectivity index (χ0) is 20.1. The number of benzene rings is 2. The third kappa shape index (κ3) is 4.81. The van der Waals surface area contributed by atoms with Crippen molar-refractivity contribution in [2.45, 2.75) is 19.4 Å². The molecular formula is C22H24N4O2S. The number of anilines is 1. The van der Waals surface area contributed by atoms with Crippen LogP contribution in [0.25, 0.3) is 11.3 Å². The van der Waals surface area contributed by atoms with Gasteiger partial charge in [-0.2, -0.15) is 10.2 Å². The second-order valence-electron chi connectivity index (χ2n) is 7.11. The fourth-order valence-electron chi connectivity index (χ4n) is 3.44. The van der Waals surface area contributed by atoms with Crippen LogP contribution < -0.4 is 9.62 Å². The van der Waals surface area contributed by atoms with Crippen LogP contribution in [0.5, 0.6) is 0 Å². The van der Waals surface area contributed by atoms with Gasteiger partial charge in [0.25, 0.3) is 0 Å². The zero-order valence-electron chi connectivity index (χ0n) is 16.2. The summed E-state index contributed by atoms with van der Waals surface area (Å²) in [5.74, 6) is 0.212. The molecule has 1 aromatic heterocycles. The maximum absolute atomic E-state index is 12.2. The lowest BCUT2D eigenvalue weighted by atomic mass is 10.1. The van der Waals surface area contributed by atoms with Gasteiger partial charge in [-0.25, -0.2) is 8.42 Å². The van der Waals surface area contributed by atoms with Gasteiger partial charge >= 0.3 is 0 Å². The fourth-order valence-corrected chi connectivity index (χ4v) is 5.00. The van der Waals surface area contributed by atoms with Gasteiger partial charge in [-0.3, -0.25) is 4.31 Å². The van der Waals surface area contributed by atoms with E-state index in [9.17, 15) is 8.42 Å². The predicted molar refractivity (Wildman–Crippen MR) is 115 cm³/mol. The number of hydrogen-bond donors (Lipinski definition) is 1. The van der Waals surface area contributed by atoms with Gasteiger partial charge in [-0.15, -0.1) is 0 Å². The molecule has 0 aliphatic carbocycles. The summed E-state index contributed by atoms with van der Waals surface area (Å²) in [6, 6.07) is 21.7. The first-order chi connectivity index (χ1) is 14.1. The molecule has 1 aliphatic rings. The second-order valence-corrected chi connectivity index (χ2v) is 9.13. The van der Waals surface area contributed by atoms with Crippen molar-refractivity contribution in [3.05, 3.63) is 78.0 Å². The Morgan fingerprint density at radius 1 is 0.966 bits per heavy atom. The summed E-state index contributed by atoms with van der Waals surface area (Å²) in [5.41, 5.74) is 4.48. The Kier molecular flexibility index (Phi) is 5.87. The van der Waals surface area contributed by atoms with Gasteiger partial charge in [0.05, 0.1) is 22.8 Å². The van der Waals surface area contributed by atoms with Gasteiger partial charge in [0.15, 0.2) is 0 Å². The van der Waals surface area contributed by atoms with Crippen LogP contribution in [0.3, 0.4) is 0 Å². The highest BCUT2D eigenvalue weighted by atomic mass is 32.2. The quantitative estimate of drug-likeness (QED) is 0.608. The SMILES string of the molecule is O=S1(=O)CCCN1c1cccc(-c2ccc(CCNCc3ccccc3)nn2)c1. The summed E-state index contributed by atoms with van der Waals surface area (Å²) in [5, 5.41) is 12.1. The Morgan fingerprint density at radius 3 is 2.55 bits per heavy atom. The van der Waals surface area contributed by atoms with E-state index in [1.54, 1.807) is 0 Å². The van der Waals surface area contributed by atoms with Crippen LogP contribution >= 0.6 is 0 Å². The Bertz CT molecular complexity index is 1050. The fraction of sp³-hybridized carbons (Fsp3) is 0.273. The molecule has 3 aromatic rings. The highest BCUT2D eigenvalue weighted by Crippen LogP contribution is 2.28. The van der Waals surface area contributed by atoms with E-state index < -0.39 is 10.0 Å². The van der Waals surface area contributed by atoms with E-state index in [1.807, 2.05) is 54.6 Å². The summed E-state index contributed by atoms with van der Waals surface area (Å²) in [7, 11) is -3.19. The largest absolute Gasteiger partial charge is 0.312 e. The molecule has 1 saturated heterocycles. The molecule has 2 heterocycles. The van der Waals surface area contributed by atoms with Crippen LogP contribution in [0.4, 0.5) is 5.69 Å². The molecule has 0 atom stereocenters. The predicted octanol–water partition coefficient (Wildman–Crippen LogP) is 3.02. The first-order valence-electron chi connectivity index (χ1n) is 9.80. The Hall–Kier alpha value is -2.77. The standard InChI is InChI=1S/C22H24N4O2S/c27-29(28)15-5-14-26(29)21-9-4-8-19(16-21)22-11-10-20(24-25-22)12-13-23-17-18-6-2-1-3-7-18/h1-4,6-11,16,23H,5,12-15,17H2. The van der Waals surface area contributed by atoms with Crippen molar-refractivity contribution in [1.82, 2.24) is 15.5 Å². The summed E-state index contributed by atoms with van der Waals surface area (Å²) in [6.45, 7) is 2.19. The number of hydrogen-bond acceptors (Lipinski definition) is 5. The van der Waals surface area contributed by atoms with Gasteiger partial charge in [0.2, 0.25) is 10.0 Å². The maximum atomic E-state index is 12.2. The summed E-state index contributed by atoms with van der Waals surface area (Å²) in [6.07, 6.45) is 1.46. The topological polar surface area (TPSA) is 75.2 Å².